The molecule has 0 aliphatic heterocycles. The molecule has 2 heterocycles. The number of hydrogen-bond acceptors (Lipinski definition) is 7. The lowest BCUT2D eigenvalue weighted by atomic mass is 10.1. The van der Waals surface area contributed by atoms with Gasteiger partial charge in [0.25, 0.3) is 5.91 Å². The van der Waals surface area contributed by atoms with Gasteiger partial charge in [-0.05, 0) is 29.3 Å². The van der Waals surface area contributed by atoms with Crippen LogP contribution in [-0.4, -0.2) is 22.8 Å². The van der Waals surface area contributed by atoms with Gasteiger partial charge < -0.3 is 10.1 Å². The minimum atomic E-state index is -0.824. The quantitative estimate of drug-likeness (QED) is 0.186. The maximum Gasteiger partial charge on any atom is 0.338 e. The summed E-state index contributed by atoms with van der Waals surface area (Å²) in [5, 5.41) is 5.11. The van der Waals surface area contributed by atoms with Gasteiger partial charge in [0.1, 0.15) is 5.75 Å². The van der Waals surface area contributed by atoms with Crippen LogP contribution in [0.3, 0.4) is 0 Å². The van der Waals surface area contributed by atoms with Crippen molar-refractivity contribution in [3.63, 3.8) is 0 Å². The summed E-state index contributed by atoms with van der Waals surface area (Å²) < 4.78 is 22.3. The first-order chi connectivity index (χ1) is 19.9. The predicted octanol–water partition coefficient (Wildman–Crippen LogP) is 6.29. The van der Waals surface area contributed by atoms with E-state index in [0.717, 1.165) is 21.5 Å². The normalized spacial score (nSPS) is 10.7. The largest absolute Gasteiger partial charge is 0.453 e. The molecule has 2 N–H and O–H groups in total. The number of carbonyl (C=O) groups excluding carboxylic acids is 3. The Morgan fingerprint density at radius 1 is 0.902 bits per heavy atom. The molecule has 5 rings (SSSR count). The number of fused-ring (bicyclic) bond motifs is 1. The van der Waals surface area contributed by atoms with E-state index < -0.39 is 17.8 Å². The van der Waals surface area contributed by atoms with Crippen LogP contribution in [0.2, 0.25) is 0 Å². The molecule has 0 saturated carbocycles. The standard InChI is InChI=1S/C30H23FN4O4S2/c31-22-16-21(35(40)30(38)34-27(36)15-19-7-3-1-4-8-19)11-12-24(22)39-25-13-14-32-23-17-26(41-28(23)25)29(37)33-18-20-9-5-2-6-10-20/h1-14,16-17,40H,15,18H2,(H,33,37)(H,34,36,38). The van der Waals surface area contributed by atoms with Crippen molar-refractivity contribution in [3.05, 3.63) is 119 Å². The molecule has 0 bridgehead atoms. The van der Waals surface area contributed by atoms with Gasteiger partial charge in [-0.2, -0.15) is 0 Å². The highest BCUT2D eigenvalue weighted by atomic mass is 32.1. The van der Waals surface area contributed by atoms with Gasteiger partial charge in [-0.25, -0.2) is 13.5 Å². The summed E-state index contributed by atoms with van der Waals surface area (Å²) in [6.07, 6.45) is 1.52. The number of benzene rings is 3. The molecule has 0 aliphatic rings. The van der Waals surface area contributed by atoms with Crippen molar-refractivity contribution in [1.29, 1.82) is 0 Å². The Labute approximate surface area is 244 Å². The van der Waals surface area contributed by atoms with Crippen LogP contribution in [0.1, 0.15) is 20.8 Å². The number of thiophene rings is 1. The molecule has 5 aromatic rings. The van der Waals surface area contributed by atoms with Crippen LogP contribution in [0.5, 0.6) is 11.5 Å². The number of urea groups is 1. The molecule has 0 spiro atoms. The first kappa shape index (κ1) is 27.8. The Hall–Kier alpha value is -4.74. The second-order valence-electron chi connectivity index (χ2n) is 8.85. The third-order valence-electron chi connectivity index (χ3n) is 5.92. The van der Waals surface area contributed by atoms with Crippen molar-refractivity contribution in [1.82, 2.24) is 15.6 Å². The Balaban J connectivity index is 1.25. The SMILES string of the molecule is O=C(Cc1ccccc1)NC(=O)N(S)c1ccc(Oc2ccnc3cc(C(=O)NCc4ccccc4)sc23)c(F)c1. The highest BCUT2D eigenvalue weighted by Crippen LogP contribution is 2.36. The Morgan fingerprint density at radius 2 is 1.61 bits per heavy atom. The van der Waals surface area contributed by atoms with Gasteiger partial charge >= 0.3 is 6.03 Å². The number of imide groups is 1. The van der Waals surface area contributed by atoms with Crippen molar-refractivity contribution >= 4 is 57.9 Å². The van der Waals surface area contributed by atoms with Crippen molar-refractivity contribution in [3.8, 4) is 11.5 Å². The van der Waals surface area contributed by atoms with Gasteiger partial charge in [0.15, 0.2) is 11.6 Å². The van der Waals surface area contributed by atoms with Crippen molar-refractivity contribution in [2.75, 3.05) is 4.31 Å². The molecule has 8 nitrogen and oxygen atoms in total. The van der Waals surface area contributed by atoms with Crippen molar-refractivity contribution in [2.45, 2.75) is 13.0 Å². The smallest absolute Gasteiger partial charge is 0.338 e. The van der Waals surface area contributed by atoms with E-state index in [4.69, 9.17) is 4.74 Å². The summed E-state index contributed by atoms with van der Waals surface area (Å²) in [5.74, 6) is -1.32. The molecule has 0 unspecified atom stereocenters. The number of nitrogens with one attached hydrogen (secondary N) is 2. The van der Waals surface area contributed by atoms with Gasteiger partial charge in [0.05, 0.1) is 27.2 Å². The number of nitrogens with zero attached hydrogens (tertiary/aromatic N) is 2. The summed E-state index contributed by atoms with van der Waals surface area (Å²) >= 11 is 5.31. The number of pyridine rings is 1. The van der Waals surface area contributed by atoms with Crippen molar-refractivity contribution < 1.29 is 23.5 Å². The number of hydrogen-bond donors (Lipinski definition) is 3. The van der Waals surface area contributed by atoms with Crippen LogP contribution < -0.4 is 19.7 Å². The topological polar surface area (TPSA) is 101 Å². The van der Waals surface area contributed by atoms with E-state index >= 15 is 4.39 Å². The van der Waals surface area contributed by atoms with E-state index in [9.17, 15) is 14.4 Å². The molecule has 2 aromatic heterocycles. The maximum absolute atomic E-state index is 15.0. The fourth-order valence-corrected chi connectivity index (χ4v) is 5.07. The molecule has 0 aliphatic carbocycles. The molecule has 0 fully saturated rings. The second-order valence-corrected chi connectivity index (χ2v) is 10.3. The van der Waals surface area contributed by atoms with Crippen LogP contribution in [0, 0.1) is 5.82 Å². The van der Waals surface area contributed by atoms with Crippen LogP contribution >= 0.6 is 24.2 Å². The molecule has 0 saturated heterocycles. The average molecular weight is 587 g/mol. The Kier molecular flexibility index (Phi) is 8.56. The van der Waals surface area contributed by atoms with Gasteiger partial charge in [-0.15, -0.1) is 11.3 Å². The van der Waals surface area contributed by atoms with E-state index in [-0.39, 0.29) is 23.8 Å². The number of rotatable bonds is 8. The lowest BCUT2D eigenvalue weighted by Gasteiger charge is -2.17. The lowest BCUT2D eigenvalue weighted by molar-refractivity contribution is -0.119. The van der Waals surface area contributed by atoms with E-state index in [1.54, 1.807) is 36.4 Å². The second kappa shape index (κ2) is 12.6. The number of anilines is 1. The molecular formula is C30H23FN4O4S2. The zero-order valence-electron chi connectivity index (χ0n) is 21.4. The zero-order chi connectivity index (χ0) is 28.8. The number of halogens is 1. The number of aromatic nitrogens is 1. The summed E-state index contributed by atoms with van der Waals surface area (Å²) in [5.41, 5.74) is 2.34. The average Bonchev–Trinajstić information content (AvgIpc) is 3.43. The summed E-state index contributed by atoms with van der Waals surface area (Å²) in [7, 11) is 0. The first-order valence-corrected chi connectivity index (χ1v) is 13.6. The van der Waals surface area contributed by atoms with E-state index in [1.807, 2.05) is 36.4 Å². The fourth-order valence-electron chi connectivity index (χ4n) is 3.91. The van der Waals surface area contributed by atoms with Crippen LogP contribution in [0.25, 0.3) is 10.2 Å². The highest BCUT2D eigenvalue weighted by Gasteiger charge is 2.19. The number of carbonyl (C=O) groups is 3. The van der Waals surface area contributed by atoms with Crippen LogP contribution in [0.4, 0.5) is 14.9 Å². The number of ether oxygens (including phenoxy) is 1. The van der Waals surface area contributed by atoms with Crippen LogP contribution in [0.15, 0.2) is 97.2 Å². The van der Waals surface area contributed by atoms with Gasteiger partial charge in [0, 0.05) is 24.9 Å². The first-order valence-electron chi connectivity index (χ1n) is 12.4. The van der Waals surface area contributed by atoms with Gasteiger partial charge in [-0.1, -0.05) is 73.5 Å². The van der Waals surface area contributed by atoms with Gasteiger partial charge in [-0.3, -0.25) is 19.9 Å². The van der Waals surface area contributed by atoms with Crippen molar-refractivity contribution in [2.24, 2.45) is 0 Å². The third kappa shape index (κ3) is 6.89. The molecule has 206 valence electrons. The Bertz CT molecular complexity index is 1710. The third-order valence-corrected chi connectivity index (χ3v) is 7.47. The molecular weight excluding hydrogens is 563 g/mol. The maximum atomic E-state index is 15.0. The van der Waals surface area contributed by atoms with E-state index in [0.29, 0.717) is 27.4 Å². The predicted molar refractivity (Wildman–Crippen MR) is 159 cm³/mol. The Morgan fingerprint density at radius 3 is 2.32 bits per heavy atom. The molecule has 4 amide bonds. The molecule has 3 aromatic carbocycles. The fraction of sp³-hybridized carbons (Fsp3) is 0.0667. The summed E-state index contributed by atoms with van der Waals surface area (Å²) in [6, 6.07) is 24.7. The minimum absolute atomic E-state index is 0.00879. The lowest BCUT2D eigenvalue weighted by Crippen LogP contribution is -2.39. The minimum Gasteiger partial charge on any atom is -0.453 e. The summed E-state index contributed by atoms with van der Waals surface area (Å²) in [6.45, 7) is 0.379. The molecule has 0 atom stereocenters. The molecule has 0 radical (unpaired) electrons. The van der Waals surface area contributed by atoms with E-state index in [1.165, 1.54) is 29.7 Å². The van der Waals surface area contributed by atoms with Gasteiger partial charge in [0.2, 0.25) is 5.91 Å². The number of thiol groups is 1. The highest BCUT2D eigenvalue weighted by molar-refractivity contribution is 7.82. The summed E-state index contributed by atoms with van der Waals surface area (Å²) in [4.78, 5) is 42.2. The molecule has 11 heteroatoms. The number of amides is 4. The monoisotopic (exact) mass is 586 g/mol. The molecule has 41 heavy (non-hydrogen) atoms. The van der Waals surface area contributed by atoms with E-state index in [2.05, 4.69) is 28.4 Å². The zero-order valence-corrected chi connectivity index (χ0v) is 23.1. The van der Waals surface area contributed by atoms with Crippen LogP contribution in [-0.2, 0) is 17.8 Å².